The van der Waals surface area contributed by atoms with E-state index < -0.39 is 0 Å². The minimum atomic E-state index is 0.104. The molecule has 1 atom stereocenters. The zero-order chi connectivity index (χ0) is 13.2. The Bertz CT molecular complexity index is 609. The molecule has 2 aromatic carbocycles. The van der Waals surface area contributed by atoms with Crippen LogP contribution in [0.1, 0.15) is 22.6 Å². The van der Waals surface area contributed by atoms with Gasteiger partial charge in [-0.15, -0.1) is 0 Å². The van der Waals surface area contributed by atoms with Crippen molar-refractivity contribution in [3.05, 3.63) is 70.2 Å². The van der Waals surface area contributed by atoms with Gasteiger partial charge >= 0.3 is 0 Å². The van der Waals surface area contributed by atoms with Crippen LogP contribution in [0.15, 0.2) is 48.5 Å². The summed E-state index contributed by atoms with van der Waals surface area (Å²) < 4.78 is 0. The zero-order valence-electron chi connectivity index (χ0n) is 10.4. The molecule has 0 saturated carbocycles. The highest BCUT2D eigenvalue weighted by Gasteiger charge is 2.24. The Kier molecular flexibility index (Phi) is 3.54. The molecule has 2 aromatic rings. The Morgan fingerprint density at radius 1 is 1.11 bits per heavy atom. The van der Waals surface area contributed by atoms with Crippen LogP contribution in [0.25, 0.3) is 0 Å². The highest BCUT2D eigenvalue weighted by molar-refractivity contribution is 7.80. The molecule has 96 valence electrons. The average molecular weight is 288 g/mol. The number of hydrogen-bond donors (Lipinski definition) is 1. The maximum absolute atomic E-state index is 6.17. The first-order valence-corrected chi connectivity index (χ1v) is 7.15. The smallest absolute Gasteiger partial charge is 0.0874 e. The van der Waals surface area contributed by atoms with Crippen LogP contribution in [0.3, 0.4) is 0 Å². The van der Waals surface area contributed by atoms with Gasteiger partial charge in [-0.3, -0.25) is 0 Å². The lowest BCUT2D eigenvalue weighted by molar-refractivity contribution is 0.882. The second kappa shape index (κ2) is 5.32. The quantitative estimate of drug-likeness (QED) is 0.797. The van der Waals surface area contributed by atoms with Gasteiger partial charge < -0.3 is 5.32 Å². The summed E-state index contributed by atoms with van der Waals surface area (Å²) in [5.41, 5.74) is 3.77. The second-order valence-corrected chi connectivity index (χ2v) is 5.60. The molecule has 1 aliphatic heterocycles. The summed E-state index contributed by atoms with van der Waals surface area (Å²) in [7, 11) is 0. The van der Waals surface area contributed by atoms with Crippen molar-refractivity contribution in [3.8, 4) is 0 Å². The van der Waals surface area contributed by atoms with Gasteiger partial charge in [-0.25, -0.2) is 0 Å². The van der Waals surface area contributed by atoms with Crippen LogP contribution in [0.2, 0.25) is 5.02 Å². The third-order valence-electron chi connectivity index (χ3n) is 3.51. The molecule has 1 heterocycles. The first kappa shape index (κ1) is 12.6. The van der Waals surface area contributed by atoms with Gasteiger partial charge in [-0.05, 0) is 35.2 Å². The van der Waals surface area contributed by atoms with Crippen molar-refractivity contribution in [2.24, 2.45) is 0 Å². The highest BCUT2D eigenvalue weighted by Crippen LogP contribution is 2.32. The molecule has 0 fully saturated rings. The Labute approximate surface area is 123 Å². The normalized spacial score (nSPS) is 18.4. The summed E-state index contributed by atoms with van der Waals surface area (Å²) >= 11 is 11.7. The number of fused-ring (bicyclic) bond motifs is 1. The molecule has 3 heteroatoms. The molecule has 0 unspecified atom stereocenters. The molecule has 1 N–H and O–H groups in total. The van der Waals surface area contributed by atoms with Crippen molar-refractivity contribution >= 4 is 28.8 Å². The molecule has 0 bridgehead atoms. The third-order valence-corrected chi connectivity index (χ3v) is 4.12. The maximum atomic E-state index is 6.17. The van der Waals surface area contributed by atoms with E-state index in [1.807, 2.05) is 30.3 Å². The molecule has 0 aliphatic carbocycles. The fourth-order valence-corrected chi connectivity index (χ4v) is 3.15. The lowest BCUT2D eigenvalue weighted by Gasteiger charge is -2.19. The van der Waals surface area contributed by atoms with Crippen LogP contribution in [-0.2, 0) is 6.42 Å². The van der Waals surface area contributed by atoms with Crippen molar-refractivity contribution < 1.29 is 0 Å². The Morgan fingerprint density at radius 3 is 2.68 bits per heavy atom. The summed E-state index contributed by atoms with van der Waals surface area (Å²) in [5.74, 6) is 0.104. The minimum absolute atomic E-state index is 0.104. The number of hydrogen-bond acceptors (Lipinski definition) is 1. The van der Waals surface area contributed by atoms with Gasteiger partial charge in [0.05, 0.1) is 10.9 Å². The van der Waals surface area contributed by atoms with Gasteiger partial charge in [-0.1, -0.05) is 60.2 Å². The lowest BCUT2D eigenvalue weighted by atomic mass is 9.88. The van der Waals surface area contributed by atoms with E-state index in [9.17, 15) is 0 Å². The molecular formula is C16H14ClNS. The summed E-state index contributed by atoms with van der Waals surface area (Å²) in [6.07, 6.45) is 0.982. The van der Waals surface area contributed by atoms with E-state index in [0.717, 1.165) is 23.0 Å². The van der Waals surface area contributed by atoms with Crippen molar-refractivity contribution in [2.45, 2.75) is 12.3 Å². The van der Waals surface area contributed by atoms with E-state index in [1.54, 1.807) is 0 Å². The van der Waals surface area contributed by atoms with Gasteiger partial charge in [0.1, 0.15) is 0 Å². The summed E-state index contributed by atoms with van der Waals surface area (Å²) in [6.45, 7) is 0.886. The van der Waals surface area contributed by atoms with Crippen molar-refractivity contribution in [2.75, 3.05) is 6.54 Å². The van der Waals surface area contributed by atoms with E-state index in [2.05, 4.69) is 23.5 Å². The van der Waals surface area contributed by atoms with Crippen LogP contribution in [0, 0.1) is 0 Å². The van der Waals surface area contributed by atoms with Crippen molar-refractivity contribution in [1.29, 1.82) is 0 Å². The van der Waals surface area contributed by atoms with E-state index in [0.29, 0.717) is 0 Å². The van der Waals surface area contributed by atoms with Crippen LogP contribution in [-0.4, -0.2) is 11.5 Å². The van der Waals surface area contributed by atoms with Gasteiger partial charge in [0.2, 0.25) is 0 Å². The van der Waals surface area contributed by atoms with E-state index in [-0.39, 0.29) is 5.92 Å². The predicted molar refractivity (Wildman–Crippen MR) is 84.0 cm³/mol. The predicted octanol–water partition coefficient (Wildman–Crippen LogP) is 3.95. The van der Waals surface area contributed by atoms with E-state index >= 15 is 0 Å². The Balaban J connectivity index is 2.16. The number of nitrogens with one attached hydrogen (secondary N) is 1. The lowest BCUT2D eigenvalue weighted by Crippen LogP contribution is -2.27. The molecule has 0 saturated heterocycles. The highest BCUT2D eigenvalue weighted by atomic mass is 35.5. The fraction of sp³-hybridized carbons (Fsp3) is 0.188. The number of rotatable bonds is 1. The van der Waals surface area contributed by atoms with Gasteiger partial charge in [0, 0.05) is 11.6 Å². The molecule has 19 heavy (non-hydrogen) atoms. The maximum Gasteiger partial charge on any atom is 0.0874 e. The molecule has 1 aliphatic rings. The molecule has 0 amide bonds. The van der Waals surface area contributed by atoms with Crippen LogP contribution >= 0.6 is 23.8 Å². The Hall–Kier alpha value is -1.38. The molecule has 3 rings (SSSR count). The second-order valence-electron chi connectivity index (χ2n) is 4.73. The summed E-state index contributed by atoms with van der Waals surface area (Å²) in [4.78, 5) is 0.882. The number of thiocarbonyl (C=S) groups is 1. The molecule has 0 spiro atoms. The zero-order valence-corrected chi connectivity index (χ0v) is 12.0. The summed E-state index contributed by atoms with van der Waals surface area (Å²) in [6, 6.07) is 16.5. The fourth-order valence-electron chi connectivity index (χ4n) is 2.60. The minimum Gasteiger partial charge on any atom is -0.379 e. The van der Waals surface area contributed by atoms with Gasteiger partial charge in [0.15, 0.2) is 0 Å². The van der Waals surface area contributed by atoms with Crippen molar-refractivity contribution in [1.82, 2.24) is 5.32 Å². The molecule has 0 aromatic heterocycles. The first-order chi connectivity index (χ1) is 9.25. The molecule has 0 radical (unpaired) electrons. The SMILES string of the molecule is S=C1NCCc2ccc(Cl)cc2[C@@H]1c1ccccc1. The van der Waals surface area contributed by atoms with E-state index in [4.69, 9.17) is 23.8 Å². The monoisotopic (exact) mass is 287 g/mol. The largest absolute Gasteiger partial charge is 0.379 e. The molecule has 1 nitrogen and oxygen atoms in total. The van der Waals surface area contributed by atoms with E-state index in [1.165, 1.54) is 16.7 Å². The number of halogens is 1. The number of benzene rings is 2. The first-order valence-electron chi connectivity index (χ1n) is 6.36. The summed E-state index contributed by atoms with van der Waals surface area (Å²) in [5, 5.41) is 4.12. The van der Waals surface area contributed by atoms with Crippen LogP contribution in [0.5, 0.6) is 0 Å². The van der Waals surface area contributed by atoms with Gasteiger partial charge in [0.25, 0.3) is 0 Å². The average Bonchev–Trinajstić information content (AvgIpc) is 2.58. The molecular weight excluding hydrogens is 274 g/mol. The topological polar surface area (TPSA) is 12.0 Å². The third kappa shape index (κ3) is 2.51. The standard InChI is InChI=1S/C16H14ClNS/c17-13-7-6-11-8-9-18-16(19)15(14(11)10-13)12-4-2-1-3-5-12/h1-7,10,15H,8-9H2,(H,18,19)/t15-/m0/s1. The Morgan fingerprint density at radius 2 is 1.89 bits per heavy atom. The van der Waals surface area contributed by atoms with Crippen LogP contribution < -0.4 is 5.32 Å². The van der Waals surface area contributed by atoms with Gasteiger partial charge in [-0.2, -0.15) is 0 Å². The van der Waals surface area contributed by atoms with Crippen LogP contribution in [0.4, 0.5) is 0 Å². The van der Waals surface area contributed by atoms with Crippen molar-refractivity contribution in [3.63, 3.8) is 0 Å².